The molecule has 0 amide bonds. The monoisotopic (exact) mass is 527 g/mol. The van der Waals surface area contributed by atoms with Crippen LogP contribution in [0.3, 0.4) is 0 Å². The Labute approximate surface area is 241 Å². The molecule has 1 heterocycles. The van der Waals surface area contributed by atoms with Gasteiger partial charge in [-0.2, -0.15) is 4.58 Å². The highest BCUT2D eigenvalue weighted by Crippen LogP contribution is 2.44. The third-order valence-corrected chi connectivity index (χ3v) is 6.26. The van der Waals surface area contributed by atoms with E-state index in [9.17, 15) is 0 Å². The van der Waals surface area contributed by atoms with Crippen molar-refractivity contribution in [2.75, 3.05) is 0 Å². The number of nitrogens with zero attached hydrogens (tertiary/aromatic N) is 1. The van der Waals surface area contributed by atoms with Crippen LogP contribution < -0.4 is 0 Å². The molecule has 0 aliphatic carbocycles. The van der Waals surface area contributed by atoms with Gasteiger partial charge in [-0.25, -0.2) is 0 Å². The summed E-state index contributed by atoms with van der Waals surface area (Å²) >= 11 is 0. The molecule has 38 heavy (non-hydrogen) atoms. The van der Waals surface area contributed by atoms with Crippen molar-refractivity contribution in [2.45, 2.75) is 154 Å². The van der Waals surface area contributed by atoms with Crippen molar-refractivity contribution in [3.8, 4) is 0 Å². The van der Waals surface area contributed by atoms with Crippen LogP contribution in [0.15, 0.2) is 42.5 Å². The molecule has 1 aliphatic heterocycles. The van der Waals surface area contributed by atoms with Gasteiger partial charge in [-0.1, -0.05) is 139 Å². The Morgan fingerprint density at radius 2 is 1.18 bits per heavy atom. The Bertz CT molecular complexity index is 868. The standard InChI is InChI=1S/C27H38N.5C2H6/c1-19(2)16-22-12-14-23(15-13-22)27(8)17-26(6,7)28(18-27)25-21(5)10-9-11-24(25)20(3)4;5*1-2/h9-15,18-20H,16-17H2,1-8H3;5*1-2H3/q+1;;;;;. The Morgan fingerprint density at radius 1 is 0.711 bits per heavy atom. The number of para-hydroxylation sites is 1. The molecular weight excluding hydrogens is 458 g/mol. The number of rotatable bonds is 5. The van der Waals surface area contributed by atoms with Crippen molar-refractivity contribution in [3.63, 3.8) is 0 Å². The van der Waals surface area contributed by atoms with E-state index < -0.39 is 0 Å². The van der Waals surface area contributed by atoms with Crippen molar-refractivity contribution in [1.82, 2.24) is 0 Å². The molecule has 0 saturated carbocycles. The molecule has 3 rings (SSSR count). The maximum Gasteiger partial charge on any atom is 0.211 e. The van der Waals surface area contributed by atoms with Gasteiger partial charge in [0.1, 0.15) is 0 Å². The molecule has 0 bridgehead atoms. The molecule has 0 saturated heterocycles. The molecule has 1 atom stereocenters. The molecule has 0 radical (unpaired) electrons. The van der Waals surface area contributed by atoms with E-state index in [0.29, 0.717) is 11.8 Å². The molecular formula is C37H68N+. The van der Waals surface area contributed by atoms with Crippen molar-refractivity contribution in [3.05, 3.63) is 64.7 Å². The Balaban J connectivity index is -0.00000110. The van der Waals surface area contributed by atoms with Gasteiger partial charge in [-0.15, -0.1) is 0 Å². The van der Waals surface area contributed by atoms with Crippen molar-refractivity contribution >= 4 is 11.9 Å². The summed E-state index contributed by atoms with van der Waals surface area (Å²) < 4.78 is 2.57. The smallest absolute Gasteiger partial charge is 0.197 e. The maximum atomic E-state index is 2.57. The third-order valence-electron chi connectivity index (χ3n) is 6.26. The fourth-order valence-electron chi connectivity index (χ4n) is 5.00. The van der Waals surface area contributed by atoms with Crippen LogP contribution in [0.1, 0.15) is 152 Å². The van der Waals surface area contributed by atoms with Gasteiger partial charge in [0, 0.05) is 31.4 Å². The van der Waals surface area contributed by atoms with Gasteiger partial charge in [0.15, 0.2) is 11.8 Å². The van der Waals surface area contributed by atoms with Crippen LogP contribution in [0, 0.1) is 12.8 Å². The van der Waals surface area contributed by atoms with Crippen LogP contribution in [-0.2, 0) is 11.8 Å². The summed E-state index contributed by atoms with van der Waals surface area (Å²) in [6.07, 6.45) is 4.77. The van der Waals surface area contributed by atoms with Gasteiger partial charge in [0.05, 0.1) is 5.41 Å². The molecule has 2 aromatic rings. The van der Waals surface area contributed by atoms with Crippen molar-refractivity contribution < 1.29 is 4.58 Å². The largest absolute Gasteiger partial charge is 0.211 e. The first-order valence-electron chi connectivity index (χ1n) is 15.9. The molecule has 2 aromatic carbocycles. The van der Waals surface area contributed by atoms with E-state index in [1.54, 1.807) is 0 Å². The molecule has 1 heteroatoms. The molecule has 0 fully saturated rings. The number of hydrogen-bond acceptors (Lipinski definition) is 0. The average molecular weight is 527 g/mol. The lowest BCUT2D eigenvalue weighted by atomic mass is 9.77. The van der Waals surface area contributed by atoms with E-state index in [0.717, 1.165) is 12.8 Å². The summed E-state index contributed by atoms with van der Waals surface area (Å²) in [5.74, 6) is 1.21. The number of aryl methyl sites for hydroxylation is 1. The highest BCUT2D eigenvalue weighted by Gasteiger charge is 2.50. The zero-order valence-corrected chi connectivity index (χ0v) is 29.1. The van der Waals surface area contributed by atoms with E-state index in [2.05, 4.69) is 109 Å². The highest BCUT2D eigenvalue weighted by atomic mass is 15.1. The van der Waals surface area contributed by atoms with Crippen LogP contribution >= 0.6 is 0 Å². The highest BCUT2D eigenvalue weighted by molar-refractivity contribution is 5.73. The third kappa shape index (κ3) is 11.5. The van der Waals surface area contributed by atoms with E-state index in [1.807, 2.05) is 69.2 Å². The average Bonchev–Trinajstić information content (AvgIpc) is 3.18. The summed E-state index contributed by atoms with van der Waals surface area (Å²) in [4.78, 5) is 0. The maximum absolute atomic E-state index is 2.57. The van der Waals surface area contributed by atoms with E-state index >= 15 is 0 Å². The lowest BCUT2D eigenvalue weighted by molar-refractivity contribution is -0.512. The predicted molar refractivity (Wildman–Crippen MR) is 179 cm³/mol. The van der Waals surface area contributed by atoms with E-state index in [-0.39, 0.29) is 11.0 Å². The van der Waals surface area contributed by atoms with Gasteiger partial charge in [0.25, 0.3) is 0 Å². The molecule has 1 nitrogen and oxygen atoms in total. The molecule has 1 aliphatic rings. The first kappa shape index (κ1) is 40.6. The molecule has 0 aromatic heterocycles. The molecule has 0 spiro atoms. The topological polar surface area (TPSA) is 3.01 Å². The molecule has 220 valence electrons. The first-order valence-corrected chi connectivity index (χ1v) is 15.9. The summed E-state index contributed by atoms with van der Waals surface area (Å²) in [6.45, 7) is 38.6. The van der Waals surface area contributed by atoms with Gasteiger partial charge < -0.3 is 0 Å². The quantitative estimate of drug-likeness (QED) is 0.341. The number of hydrogen-bond donors (Lipinski definition) is 0. The van der Waals surface area contributed by atoms with Crippen LogP contribution in [0.5, 0.6) is 0 Å². The Hall–Kier alpha value is -1.89. The normalized spacial score (nSPS) is 16.6. The van der Waals surface area contributed by atoms with Gasteiger partial charge in [-0.05, 0) is 43.2 Å². The fraction of sp³-hybridized carbons (Fsp3) is 0.649. The van der Waals surface area contributed by atoms with Crippen molar-refractivity contribution in [1.29, 1.82) is 0 Å². The Morgan fingerprint density at radius 3 is 1.61 bits per heavy atom. The summed E-state index contributed by atoms with van der Waals surface area (Å²) in [6, 6.07) is 16.1. The minimum Gasteiger partial charge on any atom is -0.197 e. The van der Waals surface area contributed by atoms with Crippen LogP contribution in [0.25, 0.3) is 0 Å². The van der Waals surface area contributed by atoms with Crippen LogP contribution in [0.4, 0.5) is 5.69 Å². The van der Waals surface area contributed by atoms with Gasteiger partial charge >= 0.3 is 0 Å². The summed E-state index contributed by atoms with van der Waals surface area (Å²) in [7, 11) is 0. The van der Waals surface area contributed by atoms with E-state index in [4.69, 9.17) is 0 Å². The zero-order chi connectivity index (χ0) is 30.7. The number of benzene rings is 2. The molecule has 1 unspecified atom stereocenters. The second kappa shape index (κ2) is 21.0. The van der Waals surface area contributed by atoms with Gasteiger partial charge in [0.2, 0.25) is 5.69 Å². The van der Waals surface area contributed by atoms with E-state index in [1.165, 1.54) is 27.9 Å². The lowest BCUT2D eigenvalue weighted by Crippen LogP contribution is -2.31. The lowest BCUT2D eigenvalue weighted by Gasteiger charge is -2.23. The second-order valence-corrected chi connectivity index (χ2v) is 10.4. The minimum atomic E-state index is 0.0520. The summed E-state index contributed by atoms with van der Waals surface area (Å²) in [5.41, 5.74) is 7.22. The zero-order valence-electron chi connectivity index (χ0n) is 29.1. The van der Waals surface area contributed by atoms with Gasteiger partial charge in [-0.3, -0.25) is 0 Å². The minimum absolute atomic E-state index is 0.0520. The van der Waals surface area contributed by atoms with Crippen LogP contribution in [0.2, 0.25) is 0 Å². The summed E-state index contributed by atoms with van der Waals surface area (Å²) in [5, 5.41) is 0. The molecule has 0 N–H and O–H groups in total. The first-order chi connectivity index (χ1) is 18.0. The van der Waals surface area contributed by atoms with Crippen molar-refractivity contribution in [2.24, 2.45) is 5.92 Å². The van der Waals surface area contributed by atoms with Crippen LogP contribution in [-0.4, -0.2) is 16.3 Å². The predicted octanol–water partition coefficient (Wildman–Crippen LogP) is 12.3. The Kier molecular flexibility index (Phi) is 22.4. The fourth-order valence-corrected chi connectivity index (χ4v) is 5.00. The second-order valence-electron chi connectivity index (χ2n) is 10.4. The SMILES string of the molecule is CC.CC.CC.CC.CC.Cc1cccc(C(C)C)c1[N+]1=CC(C)(c2ccc(CC(C)C)cc2)CC1(C)C.